The minimum atomic E-state index is -1.13. The van der Waals surface area contributed by atoms with Crippen LogP contribution in [0.2, 0.25) is 0 Å². The number of hydrogen-bond acceptors (Lipinski definition) is 4. The Kier molecular flexibility index (Phi) is 5.81. The fraction of sp³-hybridized carbons (Fsp3) is 0.174. The number of pyridine rings is 1. The van der Waals surface area contributed by atoms with Gasteiger partial charge in [0.05, 0.1) is 0 Å². The van der Waals surface area contributed by atoms with Gasteiger partial charge in [-0.15, -0.1) is 0 Å². The number of rotatable bonds is 6. The molecule has 4 rings (SSSR count). The van der Waals surface area contributed by atoms with Gasteiger partial charge in [0, 0.05) is 29.2 Å². The van der Waals surface area contributed by atoms with E-state index in [4.69, 9.17) is 4.74 Å². The molecule has 0 saturated carbocycles. The second-order valence-corrected chi connectivity index (χ2v) is 7.89. The monoisotopic (exact) mass is 466 g/mol. The number of carbonyl (C=O) groups is 2. The Morgan fingerprint density at radius 1 is 1.07 bits per heavy atom. The van der Waals surface area contributed by atoms with Gasteiger partial charge in [0.1, 0.15) is 12.6 Å². The van der Waals surface area contributed by atoms with E-state index in [1.54, 1.807) is 18.5 Å². The predicted octanol–water partition coefficient (Wildman–Crippen LogP) is 4.38. The van der Waals surface area contributed by atoms with Crippen LogP contribution in [0, 0.1) is 0 Å². The average molecular weight is 467 g/mol. The molecular weight excluding hydrogens is 448 g/mol. The number of carboxylic acids is 1. The first-order valence-electron chi connectivity index (χ1n) is 9.47. The summed E-state index contributed by atoms with van der Waals surface area (Å²) >= 11 is 3.35. The molecule has 1 aromatic heterocycles. The highest BCUT2D eigenvalue weighted by molar-refractivity contribution is 9.10. The Labute approximate surface area is 182 Å². The van der Waals surface area contributed by atoms with Crippen molar-refractivity contribution in [1.29, 1.82) is 0 Å². The second kappa shape index (κ2) is 8.67. The van der Waals surface area contributed by atoms with E-state index in [0.717, 1.165) is 27.8 Å². The largest absolute Gasteiger partial charge is 0.480 e. The molecule has 0 saturated heterocycles. The average Bonchev–Trinajstić information content (AvgIpc) is 3.07. The van der Waals surface area contributed by atoms with Crippen molar-refractivity contribution >= 4 is 28.0 Å². The standard InChI is InChI=1S/C23H19BrN2O4/c24-20-12-25-10-9-14(20)11-21(22(27)28)26-23(29)30-13-19-17-7-3-1-5-15(17)16-6-2-4-8-18(16)19/h1-10,12,19,21H,11,13H2,(H,26,29)(H,27,28). The van der Waals surface area contributed by atoms with Crippen LogP contribution in [0.25, 0.3) is 11.1 Å². The Balaban J connectivity index is 1.44. The molecule has 6 nitrogen and oxygen atoms in total. The van der Waals surface area contributed by atoms with Gasteiger partial charge < -0.3 is 15.2 Å². The molecule has 7 heteroatoms. The van der Waals surface area contributed by atoms with E-state index >= 15 is 0 Å². The number of fused-ring (bicyclic) bond motifs is 3. The summed E-state index contributed by atoms with van der Waals surface area (Å²) in [5, 5.41) is 12.0. The number of nitrogens with one attached hydrogen (secondary N) is 1. The SMILES string of the molecule is O=C(NC(Cc1ccncc1Br)C(=O)O)OCC1c2ccccc2-c2ccccc21. The predicted molar refractivity (Wildman–Crippen MR) is 115 cm³/mol. The van der Waals surface area contributed by atoms with Crippen LogP contribution in [0.4, 0.5) is 4.79 Å². The van der Waals surface area contributed by atoms with Crippen LogP contribution in [0.5, 0.6) is 0 Å². The van der Waals surface area contributed by atoms with Gasteiger partial charge in [-0.2, -0.15) is 0 Å². The normalized spacial score (nSPS) is 13.2. The van der Waals surface area contributed by atoms with Crippen molar-refractivity contribution in [2.45, 2.75) is 18.4 Å². The summed E-state index contributed by atoms with van der Waals surface area (Å²) in [6.07, 6.45) is 2.52. The van der Waals surface area contributed by atoms with E-state index in [0.29, 0.717) is 4.47 Å². The summed E-state index contributed by atoms with van der Waals surface area (Å²) in [6.45, 7) is 0.130. The zero-order valence-corrected chi connectivity index (χ0v) is 17.5. The van der Waals surface area contributed by atoms with Gasteiger partial charge >= 0.3 is 12.1 Å². The highest BCUT2D eigenvalue weighted by atomic mass is 79.9. The van der Waals surface area contributed by atoms with Crippen LogP contribution in [0.15, 0.2) is 71.5 Å². The summed E-state index contributed by atoms with van der Waals surface area (Å²) in [5.41, 5.74) is 5.20. The molecule has 30 heavy (non-hydrogen) atoms. The van der Waals surface area contributed by atoms with Crippen LogP contribution in [0.1, 0.15) is 22.6 Å². The first kappa shape index (κ1) is 20.1. The van der Waals surface area contributed by atoms with Crippen molar-refractivity contribution in [3.05, 3.63) is 88.2 Å². The van der Waals surface area contributed by atoms with E-state index in [-0.39, 0.29) is 18.9 Å². The number of ether oxygens (including phenoxy) is 1. The summed E-state index contributed by atoms with van der Waals surface area (Å²) in [6, 6.07) is 16.7. The molecule has 2 N–H and O–H groups in total. The fourth-order valence-corrected chi connectivity index (χ4v) is 4.18. The summed E-state index contributed by atoms with van der Waals surface area (Å²) < 4.78 is 6.14. The molecule has 1 unspecified atom stereocenters. The first-order valence-corrected chi connectivity index (χ1v) is 10.3. The van der Waals surface area contributed by atoms with Crippen molar-refractivity contribution in [3.63, 3.8) is 0 Å². The van der Waals surface area contributed by atoms with Gasteiger partial charge in [-0.1, -0.05) is 48.5 Å². The molecule has 1 atom stereocenters. The zero-order chi connectivity index (χ0) is 21.1. The van der Waals surface area contributed by atoms with Crippen molar-refractivity contribution < 1.29 is 19.4 Å². The molecule has 1 aliphatic carbocycles. The van der Waals surface area contributed by atoms with Crippen LogP contribution in [0.3, 0.4) is 0 Å². The maximum absolute atomic E-state index is 12.4. The third kappa shape index (κ3) is 4.07. The number of aromatic nitrogens is 1. The molecule has 1 heterocycles. The van der Waals surface area contributed by atoms with Crippen LogP contribution < -0.4 is 5.32 Å². The molecule has 1 amide bonds. The number of halogens is 1. The van der Waals surface area contributed by atoms with Crippen molar-refractivity contribution in [3.8, 4) is 11.1 Å². The molecule has 2 aromatic carbocycles. The van der Waals surface area contributed by atoms with E-state index in [2.05, 4.69) is 38.4 Å². The van der Waals surface area contributed by atoms with E-state index in [1.807, 2.05) is 36.4 Å². The second-order valence-electron chi connectivity index (χ2n) is 7.03. The number of carboxylic acid groups (broad SMARTS) is 1. The Morgan fingerprint density at radius 2 is 1.70 bits per heavy atom. The van der Waals surface area contributed by atoms with Gasteiger partial charge in [0.25, 0.3) is 0 Å². The van der Waals surface area contributed by atoms with Crippen LogP contribution in [-0.4, -0.2) is 34.8 Å². The maximum Gasteiger partial charge on any atom is 0.407 e. The Morgan fingerprint density at radius 3 is 2.30 bits per heavy atom. The van der Waals surface area contributed by atoms with E-state index < -0.39 is 18.1 Å². The zero-order valence-electron chi connectivity index (χ0n) is 15.9. The lowest BCUT2D eigenvalue weighted by Gasteiger charge is -2.18. The van der Waals surface area contributed by atoms with Crippen LogP contribution in [-0.2, 0) is 16.0 Å². The lowest BCUT2D eigenvalue weighted by molar-refractivity contribution is -0.139. The summed E-state index contributed by atoms with van der Waals surface area (Å²) in [7, 11) is 0. The minimum absolute atomic E-state index is 0.0826. The lowest BCUT2D eigenvalue weighted by atomic mass is 9.98. The molecule has 0 spiro atoms. The van der Waals surface area contributed by atoms with Crippen molar-refractivity contribution in [2.75, 3.05) is 6.61 Å². The molecule has 0 radical (unpaired) electrons. The number of aliphatic carboxylic acids is 1. The van der Waals surface area contributed by atoms with Gasteiger partial charge in [-0.3, -0.25) is 4.98 Å². The van der Waals surface area contributed by atoms with Crippen molar-refractivity contribution in [2.24, 2.45) is 0 Å². The number of carbonyl (C=O) groups excluding carboxylic acids is 1. The molecule has 0 aliphatic heterocycles. The number of hydrogen-bond donors (Lipinski definition) is 2. The number of nitrogens with zero attached hydrogens (tertiary/aromatic N) is 1. The van der Waals surface area contributed by atoms with E-state index in [1.165, 1.54) is 0 Å². The van der Waals surface area contributed by atoms with Gasteiger partial charge in [-0.05, 0) is 49.8 Å². The van der Waals surface area contributed by atoms with Gasteiger partial charge in [0.15, 0.2) is 0 Å². The molecular formula is C23H19BrN2O4. The summed E-state index contributed by atoms with van der Waals surface area (Å²) in [5.74, 6) is -1.21. The highest BCUT2D eigenvalue weighted by Crippen LogP contribution is 2.44. The highest BCUT2D eigenvalue weighted by Gasteiger charge is 2.29. The molecule has 3 aromatic rings. The molecule has 0 fully saturated rings. The van der Waals surface area contributed by atoms with Crippen molar-refractivity contribution in [1.82, 2.24) is 10.3 Å². The topological polar surface area (TPSA) is 88.5 Å². The Hall–Kier alpha value is -3.19. The molecule has 152 valence electrons. The summed E-state index contributed by atoms with van der Waals surface area (Å²) in [4.78, 5) is 28.0. The van der Waals surface area contributed by atoms with Crippen LogP contribution >= 0.6 is 15.9 Å². The van der Waals surface area contributed by atoms with Gasteiger partial charge in [-0.25, -0.2) is 9.59 Å². The number of amides is 1. The maximum atomic E-state index is 12.4. The smallest absolute Gasteiger partial charge is 0.407 e. The first-order chi connectivity index (χ1) is 14.5. The van der Waals surface area contributed by atoms with E-state index in [9.17, 15) is 14.7 Å². The Bertz CT molecular complexity index is 1060. The quantitative estimate of drug-likeness (QED) is 0.562. The van der Waals surface area contributed by atoms with Gasteiger partial charge in [0.2, 0.25) is 0 Å². The number of alkyl carbamates (subject to hydrolysis) is 1. The molecule has 1 aliphatic rings. The fourth-order valence-electron chi connectivity index (χ4n) is 3.77. The third-order valence-corrected chi connectivity index (χ3v) is 5.93. The minimum Gasteiger partial charge on any atom is -0.480 e. The third-order valence-electron chi connectivity index (χ3n) is 5.21. The molecule has 0 bridgehead atoms. The lowest BCUT2D eigenvalue weighted by Crippen LogP contribution is -2.43. The number of benzene rings is 2.